The molecule has 0 spiro atoms. The second-order valence-corrected chi connectivity index (χ2v) is 4.64. The molecule has 0 aromatic carbocycles. The summed E-state index contributed by atoms with van der Waals surface area (Å²) in [6, 6.07) is 3.24. The van der Waals surface area contributed by atoms with Crippen LogP contribution in [0.1, 0.15) is 26.2 Å². The molecule has 0 unspecified atom stereocenters. The molecule has 19 heavy (non-hydrogen) atoms. The molecule has 2 N–H and O–H groups in total. The summed E-state index contributed by atoms with van der Waals surface area (Å²) in [7, 11) is 0. The van der Waals surface area contributed by atoms with Crippen molar-refractivity contribution in [2.45, 2.75) is 32.2 Å². The summed E-state index contributed by atoms with van der Waals surface area (Å²) in [5.74, 6) is 0.814. The lowest BCUT2D eigenvalue weighted by atomic mass is 10.0. The number of hydrogen-bond donors (Lipinski definition) is 1. The van der Waals surface area contributed by atoms with Gasteiger partial charge < -0.3 is 10.6 Å². The number of nitrogens with two attached hydrogens (primary N) is 1. The van der Waals surface area contributed by atoms with Gasteiger partial charge in [-0.2, -0.15) is 4.99 Å². The van der Waals surface area contributed by atoms with Gasteiger partial charge >= 0.3 is 0 Å². The third-order valence-corrected chi connectivity index (χ3v) is 3.27. The van der Waals surface area contributed by atoms with Gasteiger partial charge in [0, 0.05) is 18.7 Å². The molecule has 1 aromatic heterocycles. The number of rotatable bonds is 2. The van der Waals surface area contributed by atoms with Crippen molar-refractivity contribution in [3.05, 3.63) is 28.4 Å². The SMILES string of the molecule is C[C@@H]1CCCCN1C(N)=Nc1ccc([N+](=O)[O-])cn1. The quantitative estimate of drug-likeness (QED) is 0.380. The molecule has 1 atom stereocenters. The zero-order valence-corrected chi connectivity index (χ0v) is 10.8. The lowest BCUT2D eigenvalue weighted by Gasteiger charge is -2.34. The fourth-order valence-corrected chi connectivity index (χ4v) is 2.17. The minimum absolute atomic E-state index is 0.0520. The average molecular weight is 263 g/mol. The van der Waals surface area contributed by atoms with E-state index in [1.165, 1.54) is 24.8 Å². The summed E-state index contributed by atoms with van der Waals surface area (Å²) in [5, 5.41) is 10.5. The first kappa shape index (κ1) is 13.3. The van der Waals surface area contributed by atoms with E-state index in [2.05, 4.69) is 16.9 Å². The van der Waals surface area contributed by atoms with Crippen LogP contribution in [0.25, 0.3) is 0 Å². The van der Waals surface area contributed by atoms with Crippen LogP contribution >= 0.6 is 0 Å². The molecule has 0 radical (unpaired) electrons. The van der Waals surface area contributed by atoms with Crippen molar-refractivity contribution in [3.63, 3.8) is 0 Å². The Morgan fingerprint density at radius 2 is 2.37 bits per heavy atom. The highest BCUT2D eigenvalue weighted by atomic mass is 16.6. The summed E-state index contributed by atoms with van der Waals surface area (Å²) in [4.78, 5) is 20.2. The maximum absolute atomic E-state index is 10.5. The lowest BCUT2D eigenvalue weighted by Crippen LogP contribution is -2.46. The van der Waals surface area contributed by atoms with Crippen molar-refractivity contribution in [3.8, 4) is 0 Å². The van der Waals surface area contributed by atoms with Gasteiger partial charge in [0.2, 0.25) is 0 Å². The summed E-state index contributed by atoms with van der Waals surface area (Å²) >= 11 is 0. The minimum Gasteiger partial charge on any atom is -0.369 e. The van der Waals surface area contributed by atoms with Crippen molar-refractivity contribution in [2.75, 3.05) is 6.54 Å². The molecule has 2 heterocycles. The molecule has 1 aromatic rings. The maximum atomic E-state index is 10.5. The standard InChI is InChI=1S/C12H17N5O2/c1-9-4-2-3-7-16(9)12(13)15-11-6-5-10(8-14-11)17(18)19/h5-6,8-9H,2-4,7H2,1H3,(H2,13,14,15)/t9-/m1/s1. The number of aliphatic imine (C=N–C) groups is 1. The Balaban J connectivity index is 2.13. The van der Waals surface area contributed by atoms with Crippen LogP contribution in [0, 0.1) is 10.1 Å². The Morgan fingerprint density at radius 3 is 2.95 bits per heavy atom. The highest BCUT2D eigenvalue weighted by molar-refractivity contribution is 5.80. The normalized spacial score (nSPS) is 20.4. The molecule has 1 aliphatic rings. The van der Waals surface area contributed by atoms with Crippen molar-refractivity contribution >= 4 is 17.5 Å². The first-order valence-corrected chi connectivity index (χ1v) is 6.29. The molecule has 102 valence electrons. The second-order valence-electron chi connectivity index (χ2n) is 4.64. The van der Waals surface area contributed by atoms with E-state index in [1.807, 2.05) is 4.90 Å². The fraction of sp³-hybridized carbons (Fsp3) is 0.500. The van der Waals surface area contributed by atoms with Gasteiger partial charge in [-0.15, -0.1) is 0 Å². The van der Waals surface area contributed by atoms with E-state index in [0.29, 0.717) is 17.8 Å². The Morgan fingerprint density at radius 1 is 1.58 bits per heavy atom. The molecule has 0 saturated carbocycles. The zero-order chi connectivity index (χ0) is 13.8. The molecule has 1 saturated heterocycles. The van der Waals surface area contributed by atoms with Crippen molar-refractivity contribution in [1.29, 1.82) is 0 Å². The molecule has 1 fully saturated rings. The van der Waals surface area contributed by atoms with Crippen LogP contribution in [0.3, 0.4) is 0 Å². The molecule has 7 heteroatoms. The van der Waals surface area contributed by atoms with Gasteiger partial charge in [-0.05, 0) is 32.3 Å². The summed E-state index contributed by atoms with van der Waals surface area (Å²) < 4.78 is 0. The highest BCUT2D eigenvalue weighted by Crippen LogP contribution is 2.18. The summed E-state index contributed by atoms with van der Waals surface area (Å²) in [6.07, 6.45) is 4.60. The topological polar surface area (TPSA) is 97.6 Å². The van der Waals surface area contributed by atoms with E-state index >= 15 is 0 Å². The van der Waals surface area contributed by atoms with Crippen molar-refractivity contribution in [1.82, 2.24) is 9.88 Å². The molecular formula is C12H17N5O2. The number of likely N-dealkylation sites (tertiary alicyclic amines) is 1. The number of aromatic nitrogens is 1. The number of pyridine rings is 1. The Hall–Kier alpha value is -2.18. The van der Waals surface area contributed by atoms with Crippen molar-refractivity contribution in [2.24, 2.45) is 10.7 Å². The molecule has 0 amide bonds. The molecular weight excluding hydrogens is 246 g/mol. The molecule has 2 rings (SSSR count). The van der Waals surface area contributed by atoms with Gasteiger partial charge in [0.15, 0.2) is 11.8 Å². The summed E-state index contributed by atoms with van der Waals surface area (Å²) in [5.41, 5.74) is 5.92. The van der Waals surface area contributed by atoms with Gasteiger partial charge in [0.25, 0.3) is 5.69 Å². The fourth-order valence-electron chi connectivity index (χ4n) is 2.17. The smallest absolute Gasteiger partial charge is 0.287 e. The highest BCUT2D eigenvalue weighted by Gasteiger charge is 2.19. The largest absolute Gasteiger partial charge is 0.369 e. The van der Waals surface area contributed by atoms with E-state index in [0.717, 1.165) is 19.4 Å². The van der Waals surface area contributed by atoms with Crippen LogP contribution in [0.2, 0.25) is 0 Å². The number of guanidine groups is 1. The molecule has 0 aliphatic carbocycles. The molecule has 1 aliphatic heterocycles. The van der Waals surface area contributed by atoms with Gasteiger partial charge in [-0.3, -0.25) is 10.1 Å². The number of piperidine rings is 1. The summed E-state index contributed by atoms with van der Waals surface area (Å²) in [6.45, 7) is 3.01. The number of nitro groups is 1. The van der Waals surface area contributed by atoms with E-state index in [-0.39, 0.29) is 5.69 Å². The van der Waals surface area contributed by atoms with Crippen molar-refractivity contribution < 1.29 is 4.92 Å². The second kappa shape index (κ2) is 5.64. The number of nitrogens with zero attached hydrogens (tertiary/aromatic N) is 4. The van der Waals surface area contributed by atoms with Gasteiger partial charge in [-0.1, -0.05) is 0 Å². The lowest BCUT2D eigenvalue weighted by molar-refractivity contribution is -0.385. The van der Waals surface area contributed by atoms with Crippen LogP contribution in [0.5, 0.6) is 0 Å². The Kier molecular flexibility index (Phi) is 3.94. The average Bonchev–Trinajstić information content (AvgIpc) is 2.39. The van der Waals surface area contributed by atoms with E-state index in [4.69, 9.17) is 5.73 Å². The van der Waals surface area contributed by atoms with Gasteiger partial charge in [0.05, 0.1) is 4.92 Å². The monoisotopic (exact) mass is 263 g/mol. The maximum Gasteiger partial charge on any atom is 0.287 e. The van der Waals surface area contributed by atoms with Crippen LogP contribution in [0.4, 0.5) is 11.5 Å². The first-order valence-electron chi connectivity index (χ1n) is 6.29. The van der Waals surface area contributed by atoms with Gasteiger partial charge in [0.1, 0.15) is 6.20 Å². The van der Waals surface area contributed by atoms with Gasteiger partial charge in [-0.25, -0.2) is 4.98 Å². The van der Waals surface area contributed by atoms with Crippen LogP contribution in [-0.2, 0) is 0 Å². The Bertz CT molecular complexity index is 485. The molecule has 7 nitrogen and oxygen atoms in total. The Labute approximate surface area is 111 Å². The predicted molar refractivity (Wildman–Crippen MR) is 72.2 cm³/mol. The van der Waals surface area contributed by atoms with Crippen LogP contribution in [-0.4, -0.2) is 33.4 Å². The van der Waals surface area contributed by atoms with E-state index in [9.17, 15) is 10.1 Å². The van der Waals surface area contributed by atoms with E-state index < -0.39 is 4.92 Å². The number of hydrogen-bond acceptors (Lipinski definition) is 4. The van der Waals surface area contributed by atoms with Crippen LogP contribution in [0.15, 0.2) is 23.3 Å². The minimum atomic E-state index is -0.490. The van der Waals surface area contributed by atoms with Crippen LogP contribution < -0.4 is 5.73 Å². The molecule has 0 bridgehead atoms. The first-order chi connectivity index (χ1) is 9.08. The third kappa shape index (κ3) is 3.18. The third-order valence-electron chi connectivity index (χ3n) is 3.27. The zero-order valence-electron chi connectivity index (χ0n) is 10.8. The predicted octanol–water partition coefficient (Wildman–Crippen LogP) is 1.81. The van der Waals surface area contributed by atoms with E-state index in [1.54, 1.807) is 0 Å².